The number of nitrogens with two attached hydrogens (primary N) is 1. The van der Waals surface area contributed by atoms with Crippen LogP contribution >= 0.6 is 0 Å². The average molecular weight is 586 g/mol. The van der Waals surface area contributed by atoms with E-state index in [0.29, 0.717) is 42.8 Å². The summed E-state index contributed by atoms with van der Waals surface area (Å²) in [6.07, 6.45) is 4.40. The van der Waals surface area contributed by atoms with Gasteiger partial charge in [0.05, 0.1) is 13.0 Å². The van der Waals surface area contributed by atoms with Gasteiger partial charge in [-0.1, -0.05) is 0 Å². The molecule has 1 aliphatic carbocycles. The summed E-state index contributed by atoms with van der Waals surface area (Å²) in [7, 11) is 0. The van der Waals surface area contributed by atoms with E-state index in [1.807, 2.05) is 20.8 Å². The Labute approximate surface area is 246 Å². The number of imide groups is 1. The van der Waals surface area contributed by atoms with Crippen molar-refractivity contribution < 1.29 is 33.4 Å². The first kappa shape index (κ1) is 31.4. The number of rotatable bonds is 10. The van der Waals surface area contributed by atoms with Gasteiger partial charge < -0.3 is 30.3 Å². The number of fused-ring (bicyclic) bond motifs is 1. The first-order chi connectivity index (χ1) is 19.9. The van der Waals surface area contributed by atoms with Gasteiger partial charge in [0.1, 0.15) is 11.6 Å². The molecule has 12 nitrogen and oxygen atoms in total. The summed E-state index contributed by atoms with van der Waals surface area (Å²) in [6, 6.07) is 4.64. The van der Waals surface area contributed by atoms with Crippen LogP contribution in [0.4, 0.5) is 10.5 Å². The third-order valence-electron chi connectivity index (χ3n) is 7.78. The Morgan fingerprint density at radius 2 is 1.83 bits per heavy atom. The summed E-state index contributed by atoms with van der Waals surface area (Å²) >= 11 is 0. The van der Waals surface area contributed by atoms with Gasteiger partial charge in [0.2, 0.25) is 17.7 Å². The van der Waals surface area contributed by atoms with Gasteiger partial charge in [-0.05, 0) is 83.1 Å². The molecule has 230 valence electrons. The standard InChI is InChI=1S/C30H43N5O7/c1-30(2,3)42-29(40)34(22-8-5-20(31)6-9-22)14-4-15-41-16-13-26(37)32-21-7-10-23-19(17-21)18-35(28(23)39)24-11-12-25(36)33-27(24)38/h7,10,17,20,22,24H,4-6,8-9,11-16,18,31H2,1-3H3,(H,32,37)(H,33,36,38). The van der Waals surface area contributed by atoms with Crippen LogP contribution in [-0.2, 0) is 30.4 Å². The van der Waals surface area contributed by atoms with E-state index < -0.39 is 17.6 Å². The number of carbonyl (C=O) groups is 5. The lowest BCUT2D eigenvalue weighted by Gasteiger charge is -2.37. The van der Waals surface area contributed by atoms with E-state index in [1.165, 1.54) is 4.90 Å². The number of nitrogens with zero attached hydrogens (tertiary/aromatic N) is 2. The second kappa shape index (κ2) is 13.6. The van der Waals surface area contributed by atoms with Gasteiger partial charge >= 0.3 is 6.09 Å². The van der Waals surface area contributed by atoms with Crippen LogP contribution in [-0.4, -0.2) is 83.0 Å². The number of benzene rings is 1. The van der Waals surface area contributed by atoms with Crippen LogP contribution in [0.15, 0.2) is 18.2 Å². The molecule has 1 atom stereocenters. The molecule has 0 spiro atoms. The SMILES string of the molecule is CC(C)(C)OC(=O)N(CCCOCCC(=O)Nc1ccc2c(c1)CN(C1CCC(=O)NC1=O)C2=O)C1CCC(N)CC1. The summed E-state index contributed by atoms with van der Waals surface area (Å²) in [5, 5.41) is 5.13. The van der Waals surface area contributed by atoms with E-state index >= 15 is 0 Å². The van der Waals surface area contributed by atoms with E-state index in [-0.39, 0.29) is 61.9 Å². The zero-order chi connectivity index (χ0) is 30.4. The molecule has 4 N–H and O–H groups in total. The Bertz CT molecular complexity index is 1190. The van der Waals surface area contributed by atoms with Gasteiger partial charge in [0.15, 0.2) is 0 Å². The molecule has 0 bridgehead atoms. The summed E-state index contributed by atoms with van der Waals surface area (Å²) in [5.41, 5.74) is 7.22. The lowest BCUT2D eigenvalue weighted by molar-refractivity contribution is -0.137. The quantitative estimate of drug-likeness (QED) is 0.279. The first-order valence-corrected chi connectivity index (χ1v) is 14.8. The van der Waals surface area contributed by atoms with Crippen molar-refractivity contribution in [3.05, 3.63) is 29.3 Å². The molecule has 4 rings (SSSR count). The first-order valence-electron chi connectivity index (χ1n) is 14.8. The van der Waals surface area contributed by atoms with Gasteiger partial charge in [0.25, 0.3) is 5.91 Å². The average Bonchev–Trinajstić information content (AvgIpc) is 3.23. The highest BCUT2D eigenvalue weighted by Crippen LogP contribution is 2.29. The molecule has 5 amide bonds. The van der Waals surface area contributed by atoms with E-state index in [1.54, 1.807) is 23.1 Å². The van der Waals surface area contributed by atoms with Gasteiger partial charge in [-0.15, -0.1) is 0 Å². The Kier molecular flexibility index (Phi) is 10.2. The molecule has 3 aliphatic rings. The van der Waals surface area contributed by atoms with Crippen molar-refractivity contribution in [2.75, 3.05) is 25.1 Å². The molecule has 1 saturated heterocycles. The lowest BCUT2D eigenvalue weighted by Crippen LogP contribution is -2.52. The highest BCUT2D eigenvalue weighted by molar-refractivity contribution is 6.05. The largest absolute Gasteiger partial charge is 0.444 e. The second-order valence-corrected chi connectivity index (χ2v) is 12.3. The zero-order valence-electron chi connectivity index (χ0n) is 24.8. The number of ether oxygens (including phenoxy) is 2. The van der Waals surface area contributed by atoms with Crippen molar-refractivity contribution in [1.29, 1.82) is 0 Å². The normalized spacial score (nSPS) is 22.4. The zero-order valence-corrected chi connectivity index (χ0v) is 24.8. The fourth-order valence-electron chi connectivity index (χ4n) is 5.64. The van der Waals surface area contributed by atoms with Crippen LogP contribution in [0.5, 0.6) is 0 Å². The Morgan fingerprint density at radius 1 is 1.10 bits per heavy atom. The molecule has 2 fully saturated rings. The number of carbonyl (C=O) groups excluding carboxylic acids is 5. The van der Waals surface area contributed by atoms with Crippen molar-refractivity contribution in [1.82, 2.24) is 15.1 Å². The molecule has 1 saturated carbocycles. The van der Waals surface area contributed by atoms with Crippen molar-refractivity contribution in [3.63, 3.8) is 0 Å². The number of nitrogens with one attached hydrogen (secondary N) is 2. The Morgan fingerprint density at radius 3 is 2.52 bits per heavy atom. The molecule has 1 aromatic rings. The van der Waals surface area contributed by atoms with Crippen LogP contribution in [0, 0.1) is 0 Å². The third kappa shape index (κ3) is 8.28. The fraction of sp³-hybridized carbons (Fsp3) is 0.633. The van der Waals surface area contributed by atoms with Gasteiger partial charge in [0, 0.05) is 49.5 Å². The predicted octanol–water partition coefficient (Wildman–Crippen LogP) is 2.69. The van der Waals surface area contributed by atoms with Crippen molar-refractivity contribution in [3.8, 4) is 0 Å². The molecule has 2 aliphatic heterocycles. The molecule has 12 heteroatoms. The molecular formula is C30H43N5O7. The number of piperidine rings is 1. The number of hydrogen-bond acceptors (Lipinski definition) is 8. The predicted molar refractivity (Wildman–Crippen MR) is 154 cm³/mol. The van der Waals surface area contributed by atoms with Crippen LogP contribution in [0.25, 0.3) is 0 Å². The van der Waals surface area contributed by atoms with E-state index in [0.717, 1.165) is 25.7 Å². The third-order valence-corrected chi connectivity index (χ3v) is 7.78. The Balaban J connectivity index is 1.19. The number of hydrogen-bond donors (Lipinski definition) is 3. The molecule has 1 unspecified atom stereocenters. The van der Waals surface area contributed by atoms with Gasteiger partial charge in [-0.2, -0.15) is 0 Å². The fourth-order valence-corrected chi connectivity index (χ4v) is 5.64. The van der Waals surface area contributed by atoms with Crippen LogP contribution in [0.2, 0.25) is 0 Å². The maximum absolute atomic E-state index is 12.9. The lowest BCUT2D eigenvalue weighted by atomic mass is 9.91. The molecule has 42 heavy (non-hydrogen) atoms. The smallest absolute Gasteiger partial charge is 0.410 e. The Hall–Kier alpha value is -3.51. The van der Waals surface area contributed by atoms with E-state index in [4.69, 9.17) is 15.2 Å². The minimum atomic E-state index is -0.685. The minimum absolute atomic E-state index is 0.101. The van der Waals surface area contributed by atoms with Crippen molar-refractivity contribution in [2.24, 2.45) is 5.73 Å². The molecule has 0 aromatic heterocycles. The number of anilines is 1. The summed E-state index contributed by atoms with van der Waals surface area (Å²) < 4.78 is 11.3. The summed E-state index contributed by atoms with van der Waals surface area (Å²) in [4.78, 5) is 65.2. The second-order valence-electron chi connectivity index (χ2n) is 12.3. The topological polar surface area (TPSA) is 160 Å². The van der Waals surface area contributed by atoms with Crippen molar-refractivity contribution in [2.45, 2.75) is 102 Å². The van der Waals surface area contributed by atoms with Gasteiger partial charge in [-0.25, -0.2) is 4.79 Å². The molecular weight excluding hydrogens is 542 g/mol. The molecule has 0 radical (unpaired) electrons. The number of amides is 5. The highest BCUT2D eigenvalue weighted by atomic mass is 16.6. The van der Waals surface area contributed by atoms with E-state index in [2.05, 4.69) is 10.6 Å². The molecule has 2 heterocycles. The van der Waals surface area contributed by atoms with Gasteiger partial charge in [-0.3, -0.25) is 24.5 Å². The van der Waals surface area contributed by atoms with E-state index in [9.17, 15) is 24.0 Å². The maximum atomic E-state index is 12.9. The summed E-state index contributed by atoms with van der Waals surface area (Å²) in [6.45, 7) is 6.93. The van der Waals surface area contributed by atoms with Crippen LogP contribution < -0.4 is 16.4 Å². The minimum Gasteiger partial charge on any atom is -0.444 e. The highest BCUT2D eigenvalue weighted by Gasteiger charge is 2.39. The summed E-state index contributed by atoms with van der Waals surface area (Å²) in [5.74, 6) is -1.28. The van der Waals surface area contributed by atoms with Crippen molar-refractivity contribution >= 4 is 35.4 Å². The molecule has 1 aromatic carbocycles. The van der Waals surface area contributed by atoms with Crippen LogP contribution in [0.3, 0.4) is 0 Å². The van der Waals surface area contributed by atoms with Crippen LogP contribution in [0.1, 0.15) is 88.1 Å². The maximum Gasteiger partial charge on any atom is 0.410 e. The monoisotopic (exact) mass is 585 g/mol.